The molecule has 0 saturated carbocycles. The van der Waals surface area contributed by atoms with Gasteiger partial charge in [-0.15, -0.1) is 5.10 Å². The zero-order valence-electron chi connectivity index (χ0n) is 23.7. The number of piperazine rings is 1. The van der Waals surface area contributed by atoms with Crippen molar-refractivity contribution in [3.8, 4) is 5.75 Å². The van der Waals surface area contributed by atoms with Crippen LogP contribution in [0, 0.1) is 6.92 Å². The summed E-state index contributed by atoms with van der Waals surface area (Å²) in [6.45, 7) is 3.66. The van der Waals surface area contributed by atoms with Gasteiger partial charge < -0.3 is 15.0 Å². The van der Waals surface area contributed by atoms with Crippen molar-refractivity contribution in [2.24, 2.45) is 0 Å². The third kappa shape index (κ3) is 8.11. The monoisotopic (exact) mass is 627 g/mol. The first-order chi connectivity index (χ1) is 21.0. The topological polar surface area (TPSA) is 105 Å². The van der Waals surface area contributed by atoms with Gasteiger partial charge in [-0.25, -0.2) is 4.68 Å². The maximum Gasteiger partial charge on any atom is 0.422 e. The first-order valence-electron chi connectivity index (χ1n) is 13.8. The van der Waals surface area contributed by atoms with Crippen molar-refractivity contribution < 1.29 is 27.5 Å². The molecule has 3 heterocycles. The van der Waals surface area contributed by atoms with Crippen molar-refractivity contribution in [2.45, 2.75) is 26.2 Å². The number of aromatic nitrogens is 4. The van der Waals surface area contributed by atoms with Crippen LogP contribution in [0.15, 0.2) is 66.9 Å². The molecule has 0 spiro atoms. The molecular weight excluding hydrogens is 599 g/mol. The second kappa shape index (κ2) is 13.4. The minimum atomic E-state index is -4.38. The van der Waals surface area contributed by atoms with Gasteiger partial charge in [-0.3, -0.25) is 19.5 Å². The van der Waals surface area contributed by atoms with Gasteiger partial charge >= 0.3 is 6.18 Å². The maximum atomic E-state index is 13.2. The van der Waals surface area contributed by atoms with Crippen molar-refractivity contribution in [1.82, 2.24) is 29.8 Å². The Balaban J connectivity index is 1.11. The van der Waals surface area contributed by atoms with Gasteiger partial charge in [-0.1, -0.05) is 35.0 Å². The minimum Gasteiger partial charge on any atom is -0.484 e. The largest absolute Gasteiger partial charge is 0.484 e. The molecule has 1 aliphatic heterocycles. The number of hydrogen-bond acceptors (Lipinski definition) is 7. The molecule has 1 fully saturated rings. The van der Waals surface area contributed by atoms with E-state index in [9.17, 15) is 22.8 Å². The number of alkyl halides is 3. The van der Waals surface area contributed by atoms with Crippen LogP contribution in [0.4, 0.5) is 18.9 Å². The number of carbonyl (C=O) groups is 2. The number of nitrogens with one attached hydrogen (secondary N) is 1. The number of pyridine rings is 1. The number of hydrogen-bond donors (Lipinski definition) is 1. The van der Waals surface area contributed by atoms with Crippen molar-refractivity contribution in [3.63, 3.8) is 0 Å². The normalized spacial score (nSPS) is 14.0. The third-order valence-electron chi connectivity index (χ3n) is 7.07. The number of amides is 2. The molecular formula is C30H29ClF3N7O3. The van der Waals surface area contributed by atoms with Gasteiger partial charge in [0.05, 0.1) is 12.2 Å². The second-order valence-electron chi connectivity index (χ2n) is 10.3. The summed E-state index contributed by atoms with van der Waals surface area (Å²) >= 11 is 5.88. The Labute approximate surface area is 256 Å². The Morgan fingerprint density at radius 2 is 1.61 bits per heavy atom. The summed E-state index contributed by atoms with van der Waals surface area (Å²) in [7, 11) is 0. The fourth-order valence-corrected chi connectivity index (χ4v) is 4.76. The molecule has 1 saturated heterocycles. The van der Waals surface area contributed by atoms with E-state index in [2.05, 4.69) is 25.5 Å². The number of ether oxygens (including phenoxy) is 1. The summed E-state index contributed by atoms with van der Waals surface area (Å²) in [5.41, 5.74) is 3.48. The number of carbonyl (C=O) groups excluding carboxylic acids is 2. The Bertz CT molecular complexity index is 1590. The zero-order valence-corrected chi connectivity index (χ0v) is 24.5. The Kier molecular flexibility index (Phi) is 9.45. The average molecular weight is 628 g/mol. The molecule has 2 amide bonds. The van der Waals surface area contributed by atoms with Crippen LogP contribution in [0.5, 0.6) is 5.75 Å². The molecule has 1 N–H and O–H groups in total. The summed E-state index contributed by atoms with van der Waals surface area (Å²) in [6.07, 6.45) is -2.80. The van der Waals surface area contributed by atoms with Gasteiger partial charge in [0, 0.05) is 49.6 Å². The van der Waals surface area contributed by atoms with E-state index >= 15 is 0 Å². The molecule has 10 nitrogen and oxygen atoms in total. The summed E-state index contributed by atoms with van der Waals surface area (Å²) in [5.74, 6) is -0.390. The molecule has 5 rings (SSSR count). The van der Waals surface area contributed by atoms with Crippen molar-refractivity contribution in [2.75, 3.05) is 38.1 Å². The lowest BCUT2D eigenvalue weighted by Crippen LogP contribution is -2.48. The highest BCUT2D eigenvalue weighted by molar-refractivity contribution is 6.30. The highest BCUT2D eigenvalue weighted by Gasteiger charge is 2.29. The van der Waals surface area contributed by atoms with E-state index in [1.54, 1.807) is 71.2 Å². The first-order valence-corrected chi connectivity index (χ1v) is 14.1. The van der Waals surface area contributed by atoms with E-state index in [1.165, 1.54) is 12.1 Å². The second-order valence-corrected chi connectivity index (χ2v) is 10.7. The van der Waals surface area contributed by atoms with Crippen LogP contribution in [0.1, 0.15) is 37.8 Å². The molecule has 14 heteroatoms. The molecule has 0 unspecified atom stereocenters. The van der Waals surface area contributed by atoms with Gasteiger partial charge in [0.1, 0.15) is 11.4 Å². The highest BCUT2D eigenvalue weighted by Crippen LogP contribution is 2.20. The van der Waals surface area contributed by atoms with Gasteiger partial charge in [0.25, 0.3) is 11.8 Å². The van der Waals surface area contributed by atoms with Crippen molar-refractivity contribution in [1.29, 1.82) is 0 Å². The Hall–Kier alpha value is -4.49. The molecule has 2 aromatic heterocycles. The minimum absolute atomic E-state index is 0.163. The smallest absolute Gasteiger partial charge is 0.422 e. The Morgan fingerprint density at radius 3 is 2.25 bits per heavy atom. The molecule has 44 heavy (non-hydrogen) atoms. The summed E-state index contributed by atoms with van der Waals surface area (Å²) < 4.78 is 43.4. The van der Waals surface area contributed by atoms with E-state index in [-0.39, 0.29) is 29.0 Å². The number of benzene rings is 2. The van der Waals surface area contributed by atoms with Crippen molar-refractivity contribution in [3.05, 3.63) is 100 Å². The zero-order chi connectivity index (χ0) is 31.3. The predicted molar refractivity (Wildman–Crippen MR) is 157 cm³/mol. The number of rotatable bonds is 9. The van der Waals surface area contributed by atoms with Crippen LogP contribution in [0.2, 0.25) is 5.02 Å². The quantitative estimate of drug-likeness (QED) is 0.283. The predicted octanol–water partition coefficient (Wildman–Crippen LogP) is 4.83. The van der Waals surface area contributed by atoms with Gasteiger partial charge in [-0.05, 0) is 60.5 Å². The van der Waals surface area contributed by atoms with Gasteiger partial charge in [-0.2, -0.15) is 13.2 Å². The van der Waals surface area contributed by atoms with Crippen LogP contribution in [-0.4, -0.2) is 80.6 Å². The standard InChI is InChI=1S/C30H29ClF3N7O3/c1-20-27(29(43)40-14-12-39(13-15-40)17-21-2-9-25(10-3-21)44-19-30(32,33)34)37-38-41(20)18-22-4-11-26(35-16-22)28(42)36-24-7-5-23(31)6-8-24/h2-11,16H,12-15,17-19H2,1H3,(H,36,42). The SMILES string of the molecule is Cc1c(C(=O)N2CCN(Cc3ccc(OCC(F)(F)F)cc3)CC2)nnn1Cc1ccc(C(=O)Nc2ccc(Cl)cc2)nc1. The molecule has 0 radical (unpaired) electrons. The van der Waals surface area contributed by atoms with Gasteiger partial charge in [0.15, 0.2) is 12.3 Å². The summed E-state index contributed by atoms with van der Waals surface area (Å²) in [5, 5.41) is 11.7. The van der Waals surface area contributed by atoms with E-state index in [4.69, 9.17) is 16.3 Å². The van der Waals surface area contributed by atoms with E-state index in [0.717, 1.165) is 11.1 Å². The maximum absolute atomic E-state index is 13.2. The van der Waals surface area contributed by atoms with E-state index in [0.29, 0.717) is 55.7 Å². The number of nitrogens with zero attached hydrogens (tertiary/aromatic N) is 6. The fourth-order valence-electron chi connectivity index (χ4n) is 4.64. The van der Waals surface area contributed by atoms with Crippen LogP contribution < -0.4 is 10.1 Å². The molecule has 1 aliphatic rings. The highest BCUT2D eigenvalue weighted by atomic mass is 35.5. The lowest BCUT2D eigenvalue weighted by atomic mass is 10.2. The van der Waals surface area contributed by atoms with E-state index < -0.39 is 12.8 Å². The summed E-state index contributed by atoms with van der Waals surface area (Å²) in [4.78, 5) is 33.9. The van der Waals surface area contributed by atoms with Crippen LogP contribution in [-0.2, 0) is 13.1 Å². The van der Waals surface area contributed by atoms with Crippen molar-refractivity contribution >= 4 is 29.1 Å². The van der Waals surface area contributed by atoms with Crippen LogP contribution in [0.25, 0.3) is 0 Å². The van der Waals surface area contributed by atoms with Crippen LogP contribution >= 0.6 is 11.6 Å². The molecule has 4 aromatic rings. The van der Waals surface area contributed by atoms with Gasteiger partial charge in [0.2, 0.25) is 0 Å². The first kappa shape index (κ1) is 31.0. The lowest BCUT2D eigenvalue weighted by molar-refractivity contribution is -0.153. The number of anilines is 1. The van der Waals surface area contributed by atoms with Crippen LogP contribution in [0.3, 0.4) is 0 Å². The molecule has 2 aromatic carbocycles. The summed E-state index contributed by atoms with van der Waals surface area (Å²) in [6, 6.07) is 16.7. The molecule has 0 bridgehead atoms. The lowest BCUT2D eigenvalue weighted by Gasteiger charge is -2.34. The molecule has 0 atom stereocenters. The fraction of sp³-hybridized carbons (Fsp3) is 0.300. The molecule has 230 valence electrons. The molecule has 0 aliphatic carbocycles. The average Bonchev–Trinajstić information content (AvgIpc) is 3.37. The Morgan fingerprint density at radius 1 is 0.932 bits per heavy atom. The van der Waals surface area contributed by atoms with E-state index in [1.807, 2.05) is 0 Å². The third-order valence-corrected chi connectivity index (χ3v) is 7.32. The number of halogens is 4.